The van der Waals surface area contributed by atoms with Crippen molar-refractivity contribution in [3.05, 3.63) is 56.9 Å². The largest absolute Gasteiger partial charge is 0.387 e. The van der Waals surface area contributed by atoms with Gasteiger partial charge in [-0.1, -0.05) is 0 Å². The number of amides is 1. The molecule has 9 heteroatoms. The summed E-state index contributed by atoms with van der Waals surface area (Å²) in [7, 11) is 0. The monoisotopic (exact) mass is 478 g/mol. The first-order valence-corrected chi connectivity index (χ1v) is 8.71. The molecule has 1 aliphatic rings. The third kappa shape index (κ3) is 4.46. The number of aliphatic hydroxyl groups is 1. The van der Waals surface area contributed by atoms with Crippen LogP contribution in [0.15, 0.2) is 30.3 Å². The molecule has 26 heavy (non-hydrogen) atoms. The fraction of sp³-hybridized carbons (Fsp3) is 0.235. The molecule has 2 aromatic rings. The maximum absolute atomic E-state index is 14.0. The van der Waals surface area contributed by atoms with Crippen LogP contribution in [0.3, 0.4) is 0 Å². The Morgan fingerprint density at radius 3 is 2.46 bits per heavy atom. The zero-order chi connectivity index (χ0) is 18.9. The molecule has 5 nitrogen and oxygen atoms in total. The summed E-state index contributed by atoms with van der Waals surface area (Å²) in [6.07, 6.45) is 1.12. The third-order valence-electron chi connectivity index (χ3n) is 3.84. The van der Waals surface area contributed by atoms with E-state index >= 15 is 0 Å². The molecular weight excluding hydrogens is 464 g/mol. The highest BCUT2D eigenvalue weighted by Gasteiger charge is 2.41. The lowest BCUT2D eigenvalue weighted by Gasteiger charge is -2.14. The van der Waals surface area contributed by atoms with E-state index in [0.29, 0.717) is 22.5 Å². The molecule has 0 spiro atoms. The number of rotatable bonds is 6. The zero-order valence-corrected chi connectivity index (χ0v) is 15.4. The Balaban J connectivity index is 1.81. The molecule has 3 rings (SSSR count). The lowest BCUT2D eigenvalue weighted by molar-refractivity contribution is -0.0230. The highest BCUT2D eigenvalue weighted by molar-refractivity contribution is 14.1. The van der Waals surface area contributed by atoms with Crippen LogP contribution >= 0.6 is 22.6 Å². The van der Waals surface area contributed by atoms with Gasteiger partial charge in [-0.15, -0.1) is 0 Å². The first-order chi connectivity index (χ1) is 12.3. The minimum atomic E-state index is -1.23. The number of carbonyl (C=O) groups is 1. The second kappa shape index (κ2) is 7.41. The fourth-order valence-corrected chi connectivity index (χ4v) is 2.61. The number of carbonyl (C=O) groups excluding carboxylic acids is 1. The van der Waals surface area contributed by atoms with Crippen LogP contribution in [0.4, 0.5) is 24.5 Å². The maximum Gasteiger partial charge on any atom is 0.277 e. The number of nitrogens with one attached hydrogen (secondary N) is 2. The second-order valence-corrected chi connectivity index (χ2v) is 7.25. The first kappa shape index (κ1) is 18.9. The zero-order valence-electron chi connectivity index (χ0n) is 13.3. The molecule has 3 N–H and O–H groups in total. The minimum absolute atomic E-state index is 0.00122. The Labute approximate surface area is 160 Å². The van der Waals surface area contributed by atoms with Crippen molar-refractivity contribution in [3.8, 4) is 0 Å². The van der Waals surface area contributed by atoms with Crippen molar-refractivity contribution >= 4 is 39.9 Å². The van der Waals surface area contributed by atoms with E-state index in [1.54, 1.807) is 6.07 Å². The van der Waals surface area contributed by atoms with Crippen molar-refractivity contribution in [2.45, 2.75) is 18.4 Å². The molecule has 2 aromatic carbocycles. The molecule has 1 saturated carbocycles. The van der Waals surface area contributed by atoms with Crippen molar-refractivity contribution in [1.82, 2.24) is 5.48 Å². The molecule has 0 radical (unpaired) electrons. The van der Waals surface area contributed by atoms with Crippen LogP contribution in [0.2, 0.25) is 0 Å². The van der Waals surface area contributed by atoms with Crippen LogP contribution < -0.4 is 10.8 Å². The van der Waals surface area contributed by atoms with Gasteiger partial charge in [-0.2, -0.15) is 0 Å². The van der Waals surface area contributed by atoms with Crippen LogP contribution in [0.25, 0.3) is 0 Å². The molecule has 0 saturated heterocycles. The minimum Gasteiger partial charge on any atom is -0.387 e. The Morgan fingerprint density at radius 2 is 1.81 bits per heavy atom. The van der Waals surface area contributed by atoms with Gasteiger partial charge < -0.3 is 10.4 Å². The molecule has 0 aromatic heterocycles. The molecule has 1 aliphatic carbocycles. The molecule has 0 bridgehead atoms. The molecular formula is C17H14F3IN2O3. The van der Waals surface area contributed by atoms with E-state index in [0.717, 1.165) is 6.07 Å². The highest BCUT2D eigenvalue weighted by Crippen LogP contribution is 2.34. The lowest BCUT2D eigenvalue weighted by Crippen LogP contribution is -2.29. The molecule has 0 unspecified atom stereocenters. The summed E-state index contributed by atoms with van der Waals surface area (Å²) >= 11 is 1.93. The number of anilines is 2. The average molecular weight is 478 g/mol. The van der Waals surface area contributed by atoms with E-state index in [2.05, 4.69) is 10.8 Å². The highest BCUT2D eigenvalue weighted by atomic mass is 127. The van der Waals surface area contributed by atoms with Crippen LogP contribution in [0, 0.1) is 21.0 Å². The van der Waals surface area contributed by atoms with Crippen LogP contribution in [-0.4, -0.2) is 23.2 Å². The number of hydroxylamine groups is 1. The SMILES string of the molecule is O=C(NOCC1(O)CC1)c1cc(F)c(F)cc1Nc1ccc(I)cc1F. The summed E-state index contributed by atoms with van der Waals surface area (Å²) in [5.74, 6) is -3.89. The van der Waals surface area contributed by atoms with Gasteiger partial charge in [-0.05, 0) is 59.7 Å². The van der Waals surface area contributed by atoms with E-state index in [1.807, 2.05) is 22.6 Å². The quantitative estimate of drug-likeness (QED) is 0.438. The van der Waals surface area contributed by atoms with Gasteiger partial charge in [0.25, 0.3) is 5.91 Å². The number of hydrogen-bond donors (Lipinski definition) is 3. The summed E-state index contributed by atoms with van der Waals surface area (Å²) in [5, 5.41) is 12.2. The van der Waals surface area contributed by atoms with E-state index in [9.17, 15) is 23.1 Å². The third-order valence-corrected chi connectivity index (χ3v) is 4.51. The standard InChI is InChI=1S/C17H14F3IN2O3/c18-11-6-10(16(24)23-26-8-17(25)3-4-17)15(7-12(11)19)22-14-2-1-9(21)5-13(14)20/h1-2,5-7,22,25H,3-4,8H2,(H,23,24). The smallest absolute Gasteiger partial charge is 0.277 e. The van der Waals surface area contributed by atoms with Crippen LogP contribution in [0.1, 0.15) is 23.2 Å². The number of hydrogen-bond acceptors (Lipinski definition) is 4. The summed E-state index contributed by atoms with van der Waals surface area (Å²) < 4.78 is 41.8. The Morgan fingerprint density at radius 1 is 1.12 bits per heavy atom. The molecule has 0 heterocycles. The van der Waals surface area contributed by atoms with Crippen molar-refractivity contribution in [2.75, 3.05) is 11.9 Å². The fourth-order valence-electron chi connectivity index (χ4n) is 2.15. The normalized spacial score (nSPS) is 14.8. The van der Waals surface area contributed by atoms with E-state index < -0.39 is 29.0 Å². The summed E-state index contributed by atoms with van der Waals surface area (Å²) in [6.45, 7) is -0.114. The summed E-state index contributed by atoms with van der Waals surface area (Å²) in [4.78, 5) is 17.1. The topological polar surface area (TPSA) is 70.6 Å². The second-order valence-electron chi connectivity index (χ2n) is 6.01. The number of halogens is 4. The van der Waals surface area contributed by atoms with Gasteiger partial charge in [-0.3, -0.25) is 9.63 Å². The predicted octanol–water partition coefficient (Wildman–Crippen LogP) is 3.64. The van der Waals surface area contributed by atoms with E-state index in [-0.39, 0.29) is 23.5 Å². The van der Waals surface area contributed by atoms with Crippen LogP contribution in [-0.2, 0) is 4.84 Å². The van der Waals surface area contributed by atoms with Crippen LogP contribution in [0.5, 0.6) is 0 Å². The van der Waals surface area contributed by atoms with Gasteiger partial charge in [0.05, 0.1) is 22.5 Å². The maximum atomic E-state index is 14.0. The summed E-state index contributed by atoms with van der Waals surface area (Å²) in [5.41, 5.74) is 0.713. The first-order valence-electron chi connectivity index (χ1n) is 7.63. The van der Waals surface area contributed by atoms with Gasteiger partial charge in [0.2, 0.25) is 0 Å². The van der Waals surface area contributed by atoms with Crippen molar-refractivity contribution < 1.29 is 27.9 Å². The molecule has 1 fully saturated rings. The van der Waals surface area contributed by atoms with Gasteiger partial charge in [0.1, 0.15) is 12.4 Å². The number of benzene rings is 2. The Kier molecular flexibility index (Phi) is 5.39. The average Bonchev–Trinajstić information content (AvgIpc) is 3.30. The Bertz CT molecular complexity index is 859. The summed E-state index contributed by atoms with van der Waals surface area (Å²) in [6, 6.07) is 5.73. The van der Waals surface area contributed by atoms with Gasteiger partial charge in [-0.25, -0.2) is 18.7 Å². The lowest BCUT2D eigenvalue weighted by atomic mass is 10.1. The Hall–Kier alpha value is -1.85. The van der Waals surface area contributed by atoms with E-state index in [4.69, 9.17) is 4.84 Å². The van der Waals surface area contributed by atoms with Crippen molar-refractivity contribution in [2.24, 2.45) is 0 Å². The predicted molar refractivity (Wildman–Crippen MR) is 96.4 cm³/mol. The van der Waals surface area contributed by atoms with Crippen molar-refractivity contribution in [1.29, 1.82) is 0 Å². The molecule has 0 atom stereocenters. The van der Waals surface area contributed by atoms with Gasteiger partial charge in [0, 0.05) is 9.64 Å². The molecule has 138 valence electrons. The van der Waals surface area contributed by atoms with Gasteiger partial charge in [0.15, 0.2) is 11.6 Å². The molecule has 1 amide bonds. The van der Waals surface area contributed by atoms with Gasteiger partial charge >= 0.3 is 0 Å². The molecule has 0 aliphatic heterocycles. The van der Waals surface area contributed by atoms with Crippen molar-refractivity contribution in [3.63, 3.8) is 0 Å². The van der Waals surface area contributed by atoms with E-state index in [1.165, 1.54) is 12.1 Å².